The lowest BCUT2D eigenvalue weighted by molar-refractivity contribution is 0.397. The average Bonchev–Trinajstić information content (AvgIpc) is 3.09. The fourth-order valence-corrected chi connectivity index (χ4v) is 4.11. The Hall–Kier alpha value is -2.16. The molecule has 2 aromatic carbocycles. The van der Waals surface area contributed by atoms with Crippen LogP contribution in [0.4, 0.5) is 0 Å². The topological polar surface area (TPSA) is 61.2 Å². The van der Waals surface area contributed by atoms with E-state index in [4.69, 9.17) is 0 Å². The van der Waals surface area contributed by atoms with Crippen molar-refractivity contribution in [2.45, 2.75) is 11.8 Å². The lowest BCUT2D eigenvalue weighted by Crippen LogP contribution is -2.37. The molecule has 1 atom stereocenters. The van der Waals surface area contributed by atoms with Crippen LogP contribution in [0.25, 0.3) is 0 Å². The summed E-state index contributed by atoms with van der Waals surface area (Å²) >= 11 is 0. The highest BCUT2D eigenvalue weighted by molar-refractivity contribution is 7.69. The van der Waals surface area contributed by atoms with Gasteiger partial charge in [-0.3, -0.25) is 0 Å². The molecular formula is C18H18N2O2S. The molecule has 1 aliphatic heterocycles. The van der Waals surface area contributed by atoms with Gasteiger partial charge in [-0.25, -0.2) is 12.7 Å². The summed E-state index contributed by atoms with van der Waals surface area (Å²) in [6.45, 7) is 0.864. The van der Waals surface area contributed by atoms with Crippen LogP contribution < -0.4 is 0 Å². The Labute approximate surface area is 138 Å². The third-order valence-corrected chi connectivity index (χ3v) is 5.47. The van der Waals surface area contributed by atoms with Gasteiger partial charge in [-0.2, -0.15) is 5.26 Å². The Kier molecular flexibility index (Phi) is 4.46. The number of rotatable bonds is 4. The summed E-state index contributed by atoms with van der Waals surface area (Å²) in [6.07, 6.45) is 0.681. The Morgan fingerprint density at radius 2 is 1.52 bits per heavy atom. The molecule has 0 radical (unpaired) electrons. The second kappa shape index (κ2) is 6.53. The largest absolute Gasteiger partial charge is 0.215 e. The summed E-state index contributed by atoms with van der Waals surface area (Å²) < 4.78 is 24.1. The summed E-state index contributed by atoms with van der Waals surface area (Å²) in [5, 5.41) is 10.1. The van der Waals surface area contributed by atoms with Gasteiger partial charge in [0.05, 0.1) is 6.07 Å². The maximum Gasteiger partial charge on any atom is 0.203 e. The van der Waals surface area contributed by atoms with E-state index in [1.54, 1.807) is 0 Å². The summed E-state index contributed by atoms with van der Waals surface area (Å²) in [5.74, 6) is -0.0646. The van der Waals surface area contributed by atoms with Crippen molar-refractivity contribution in [1.29, 1.82) is 5.26 Å². The Bertz CT molecular complexity index is 734. The highest BCUT2D eigenvalue weighted by Crippen LogP contribution is 2.43. The lowest BCUT2D eigenvalue weighted by Gasteiger charge is -2.33. The molecule has 0 saturated carbocycles. The van der Waals surface area contributed by atoms with E-state index < -0.39 is 16.3 Å². The van der Waals surface area contributed by atoms with E-state index in [2.05, 4.69) is 6.07 Å². The van der Waals surface area contributed by atoms with Crippen LogP contribution in [0.5, 0.6) is 0 Å². The van der Waals surface area contributed by atoms with Crippen molar-refractivity contribution in [1.82, 2.24) is 4.31 Å². The minimum Gasteiger partial charge on any atom is -0.215 e. The summed E-state index contributed by atoms with van der Waals surface area (Å²) in [4.78, 5) is 0. The highest BCUT2D eigenvalue weighted by atomic mass is 32.2. The zero-order valence-electron chi connectivity index (χ0n) is 12.6. The van der Waals surface area contributed by atoms with Crippen molar-refractivity contribution in [2.75, 3.05) is 13.1 Å². The van der Waals surface area contributed by atoms with Crippen molar-refractivity contribution < 1.29 is 8.42 Å². The number of hydrogen-bond acceptors (Lipinski definition) is 3. The van der Waals surface area contributed by atoms with Gasteiger partial charge < -0.3 is 0 Å². The molecule has 4 nitrogen and oxygen atoms in total. The second-order valence-corrected chi connectivity index (χ2v) is 6.83. The smallest absolute Gasteiger partial charge is 0.203 e. The van der Waals surface area contributed by atoms with Gasteiger partial charge in [0, 0.05) is 19.0 Å². The van der Waals surface area contributed by atoms with Crippen molar-refractivity contribution >= 4 is 10.9 Å². The monoisotopic (exact) mass is 326 g/mol. The summed E-state index contributed by atoms with van der Waals surface area (Å²) in [5.41, 5.74) is 1.01. The number of nitriles is 1. The van der Waals surface area contributed by atoms with Crippen molar-refractivity contribution in [3.63, 3.8) is 0 Å². The number of benzene rings is 2. The Morgan fingerprint density at radius 1 is 1.00 bits per heavy atom. The second-order valence-electron chi connectivity index (χ2n) is 5.79. The fraction of sp³-hybridized carbons (Fsp3) is 0.278. The Morgan fingerprint density at radius 3 is 1.91 bits per heavy atom. The first-order valence-electron chi connectivity index (χ1n) is 7.60. The third kappa shape index (κ3) is 2.76. The first-order valence-corrected chi connectivity index (χ1v) is 8.73. The molecule has 2 aromatic rings. The quantitative estimate of drug-likeness (QED) is 0.877. The molecule has 0 aliphatic carbocycles. The van der Waals surface area contributed by atoms with Gasteiger partial charge in [0.15, 0.2) is 0 Å². The van der Waals surface area contributed by atoms with E-state index in [1.807, 2.05) is 60.7 Å². The molecule has 1 aliphatic rings. The van der Waals surface area contributed by atoms with Crippen LogP contribution in [0.15, 0.2) is 60.7 Å². The average molecular weight is 326 g/mol. The SMILES string of the molecule is N#CC(c1ccccc1)(c1ccccc1)[C@@H]1CCN([SH](=O)=O)C1. The standard InChI is InChI=1S/C18H18N2O2S/c19-14-18(15-7-3-1-4-8-15,16-9-5-2-6-10-16)17-11-12-20(13-17)23(21)22/h1-10,17,23H,11-13H2/t17-/m1/s1. The first-order chi connectivity index (χ1) is 11.2. The molecule has 1 fully saturated rings. The lowest BCUT2D eigenvalue weighted by atomic mass is 9.66. The van der Waals surface area contributed by atoms with Gasteiger partial charge in [-0.05, 0) is 17.5 Å². The van der Waals surface area contributed by atoms with Crippen LogP contribution in [-0.4, -0.2) is 25.8 Å². The van der Waals surface area contributed by atoms with Gasteiger partial charge in [-0.15, -0.1) is 0 Å². The van der Waals surface area contributed by atoms with Crippen LogP contribution in [0.1, 0.15) is 17.5 Å². The summed E-state index contributed by atoms with van der Waals surface area (Å²) in [7, 11) is -2.59. The van der Waals surface area contributed by atoms with Gasteiger partial charge in [-0.1, -0.05) is 60.7 Å². The van der Waals surface area contributed by atoms with Gasteiger partial charge >= 0.3 is 0 Å². The predicted octanol–water partition coefficient (Wildman–Crippen LogP) is 2.34. The van der Waals surface area contributed by atoms with Crippen LogP contribution in [-0.2, 0) is 16.3 Å². The maximum absolute atomic E-state index is 11.3. The van der Waals surface area contributed by atoms with E-state index in [0.29, 0.717) is 19.5 Å². The number of thiol groups is 1. The molecule has 118 valence electrons. The molecule has 1 heterocycles. The van der Waals surface area contributed by atoms with Crippen LogP contribution in [0, 0.1) is 17.2 Å². The fourth-order valence-electron chi connectivity index (χ4n) is 3.50. The van der Waals surface area contributed by atoms with E-state index in [-0.39, 0.29) is 5.92 Å². The van der Waals surface area contributed by atoms with Gasteiger partial charge in [0.25, 0.3) is 0 Å². The van der Waals surface area contributed by atoms with Crippen LogP contribution >= 0.6 is 0 Å². The Balaban J connectivity index is 2.13. The molecule has 23 heavy (non-hydrogen) atoms. The molecule has 0 N–H and O–H groups in total. The predicted molar refractivity (Wildman–Crippen MR) is 89.3 cm³/mol. The molecule has 5 heteroatoms. The minimum atomic E-state index is -2.59. The zero-order chi connectivity index (χ0) is 16.3. The molecule has 0 bridgehead atoms. The molecule has 1 saturated heterocycles. The van der Waals surface area contributed by atoms with Crippen molar-refractivity contribution in [3.05, 3.63) is 71.8 Å². The summed E-state index contributed by atoms with van der Waals surface area (Å²) in [6, 6.07) is 21.9. The first kappa shape index (κ1) is 15.7. The van der Waals surface area contributed by atoms with E-state index in [0.717, 1.165) is 11.1 Å². The molecule has 0 spiro atoms. The maximum atomic E-state index is 11.3. The van der Waals surface area contributed by atoms with E-state index in [1.165, 1.54) is 4.31 Å². The van der Waals surface area contributed by atoms with Gasteiger partial charge in [0.2, 0.25) is 10.9 Å². The van der Waals surface area contributed by atoms with Gasteiger partial charge in [0.1, 0.15) is 5.41 Å². The zero-order valence-corrected chi connectivity index (χ0v) is 13.5. The molecular weight excluding hydrogens is 308 g/mol. The molecule has 3 rings (SSSR count). The van der Waals surface area contributed by atoms with Crippen LogP contribution in [0.2, 0.25) is 0 Å². The minimum absolute atomic E-state index is 0.0646. The normalized spacial score (nSPS) is 18.9. The van der Waals surface area contributed by atoms with E-state index in [9.17, 15) is 13.7 Å². The molecule has 0 aromatic heterocycles. The van der Waals surface area contributed by atoms with E-state index >= 15 is 0 Å². The van der Waals surface area contributed by atoms with Crippen molar-refractivity contribution in [3.8, 4) is 6.07 Å². The molecule has 0 unspecified atom stereocenters. The molecule has 0 amide bonds. The highest BCUT2D eigenvalue weighted by Gasteiger charge is 2.45. The number of hydrogen-bond donors (Lipinski definition) is 1. The van der Waals surface area contributed by atoms with Crippen LogP contribution in [0.3, 0.4) is 0 Å². The third-order valence-electron chi connectivity index (χ3n) is 4.64. The number of nitrogens with zero attached hydrogens (tertiary/aromatic N) is 2. The van der Waals surface area contributed by atoms with Crippen molar-refractivity contribution in [2.24, 2.45) is 5.92 Å².